The topological polar surface area (TPSA) is 98.0 Å². The van der Waals surface area contributed by atoms with Crippen LogP contribution in [0.15, 0.2) is 28.9 Å². The number of nitrogens with zero attached hydrogens (tertiary/aromatic N) is 3. The van der Waals surface area contributed by atoms with Gasteiger partial charge >= 0.3 is 0 Å². The molecular formula is C13H18N4O3S. The summed E-state index contributed by atoms with van der Waals surface area (Å²) in [6.45, 7) is 3.61. The summed E-state index contributed by atoms with van der Waals surface area (Å²) in [4.78, 5) is 8.29. The van der Waals surface area contributed by atoms with E-state index in [1.807, 2.05) is 13.0 Å². The molecule has 0 bridgehead atoms. The molecule has 0 spiro atoms. The van der Waals surface area contributed by atoms with Crippen molar-refractivity contribution in [2.24, 2.45) is 0 Å². The molecule has 7 nitrogen and oxygen atoms in total. The summed E-state index contributed by atoms with van der Waals surface area (Å²) in [7, 11) is -3.34. The lowest BCUT2D eigenvalue weighted by Gasteiger charge is -2.09. The van der Waals surface area contributed by atoms with Gasteiger partial charge < -0.3 is 4.52 Å². The molecule has 8 heteroatoms. The van der Waals surface area contributed by atoms with Gasteiger partial charge in [-0.2, -0.15) is 4.98 Å². The molecule has 1 unspecified atom stereocenters. The Morgan fingerprint density at radius 1 is 1.38 bits per heavy atom. The van der Waals surface area contributed by atoms with Crippen LogP contribution in [-0.2, 0) is 10.0 Å². The van der Waals surface area contributed by atoms with Crippen LogP contribution in [0.25, 0.3) is 11.5 Å². The highest BCUT2D eigenvalue weighted by Gasteiger charge is 2.20. The third-order valence-electron chi connectivity index (χ3n) is 2.83. The highest BCUT2D eigenvalue weighted by Crippen LogP contribution is 2.17. The Bertz CT molecular complexity index is 670. The average molecular weight is 310 g/mol. The maximum atomic E-state index is 11.8. The first kappa shape index (κ1) is 15.6. The number of nitrogens with one attached hydrogen (secondary N) is 1. The van der Waals surface area contributed by atoms with E-state index in [-0.39, 0.29) is 11.6 Å². The summed E-state index contributed by atoms with van der Waals surface area (Å²) in [5.41, 5.74) is 0.577. The van der Waals surface area contributed by atoms with Crippen LogP contribution in [0.3, 0.4) is 0 Å². The number of rotatable bonds is 7. The lowest BCUT2D eigenvalue weighted by molar-refractivity contribution is 0.353. The molecule has 0 saturated carbocycles. The molecular weight excluding hydrogens is 292 g/mol. The summed E-state index contributed by atoms with van der Waals surface area (Å²) >= 11 is 0. The van der Waals surface area contributed by atoms with E-state index in [0.29, 0.717) is 17.9 Å². The fourth-order valence-electron chi connectivity index (χ4n) is 1.72. The molecule has 0 fully saturated rings. The van der Waals surface area contributed by atoms with Gasteiger partial charge in [0, 0.05) is 6.20 Å². The van der Waals surface area contributed by atoms with E-state index >= 15 is 0 Å². The summed E-state index contributed by atoms with van der Waals surface area (Å²) in [5.74, 6) is 0.649. The molecule has 0 aliphatic carbocycles. The molecule has 2 aromatic heterocycles. The Kier molecular flexibility index (Phi) is 5.03. The highest BCUT2D eigenvalue weighted by molar-refractivity contribution is 7.89. The summed E-state index contributed by atoms with van der Waals surface area (Å²) in [6.07, 6.45) is 3.06. The SMILES string of the molecule is CCCCS(=O)(=O)NC(C)c1nc(-c2ccccn2)no1. The van der Waals surface area contributed by atoms with Crippen molar-refractivity contribution in [1.29, 1.82) is 0 Å². The number of hydrogen-bond acceptors (Lipinski definition) is 6. The van der Waals surface area contributed by atoms with Crippen LogP contribution in [0, 0.1) is 0 Å². The van der Waals surface area contributed by atoms with Gasteiger partial charge in [-0.15, -0.1) is 0 Å². The first-order valence-electron chi connectivity index (χ1n) is 6.77. The van der Waals surface area contributed by atoms with Crippen LogP contribution in [0.1, 0.15) is 38.6 Å². The molecule has 21 heavy (non-hydrogen) atoms. The van der Waals surface area contributed by atoms with E-state index in [9.17, 15) is 8.42 Å². The third-order valence-corrected chi connectivity index (χ3v) is 4.37. The average Bonchev–Trinajstić information content (AvgIpc) is 2.96. The van der Waals surface area contributed by atoms with Crippen LogP contribution in [0.5, 0.6) is 0 Å². The van der Waals surface area contributed by atoms with Crippen molar-refractivity contribution in [1.82, 2.24) is 19.8 Å². The molecule has 114 valence electrons. The van der Waals surface area contributed by atoms with Gasteiger partial charge in [-0.1, -0.05) is 24.6 Å². The fraction of sp³-hybridized carbons (Fsp3) is 0.462. The van der Waals surface area contributed by atoms with Crippen LogP contribution in [0.2, 0.25) is 0 Å². The van der Waals surface area contributed by atoms with Crippen molar-refractivity contribution in [2.45, 2.75) is 32.7 Å². The largest absolute Gasteiger partial charge is 0.337 e. The first-order valence-corrected chi connectivity index (χ1v) is 8.42. The van der Waals surface area contributed by atoms with Crippen molar-refractivity contribution < 1.29 is 12.9 Å². The summed E-state index contributed by atoms with van der Waals surface area (Å²) < 4.78 is 31.3. The quantitative estimate of drug-likeness (QED) is 0.839. The van der Waals surface area contributed by atoms with Crippen LogP contribution < -0.4 is 4.72 Å². The van der Waals surface area contributed by atoms with Crippen LogP contribution >= 0.6 is 0 Å². The predicted molar refractivity (Wildman–Crippen MR) is 77.8 cm³/mol. The van der Waals surface area contributed by atoms with Crippen LogP contribution in [0.4, 0.5) is 0 Å². The molecule has 0 radical (unpaired) electrons. The predicted octanol–water partition coefficient (Wildman–Crippen LogP) is 1.91. The lowest BCUT2D eigenvalue weighted by Crippen LogP contribution is -2.29. The number of unbranched alkanes of at least 4 members (excludes halogenated alkanes) is 1. The number of aromatic nitrogens is 3. The molecule has 0 aliphatic rings. The summed E-state index contributed by atoms with van der Waals surface area (Å²) in [6, 6.07) is 4.78. The number of pyridine rings is 1. The van der Waals surface area contributed by atoms with E-state index in [1.165, 1.54) is 0 Å². The van der Waals surface area contributed by atoms with Gasteiger partial charge in [0.25, 0.3) is 0 Å². The van der Waals surface area contributed by atoms with Crippen molar-refractivity contribution in [3.05, 3.63) is 30.3 Å². The minimum absolute atomic E-state index is 0.0923. The number of hydrogen-bond donors (Lipinski definition) is 1. The van der Waals surface area contributed by atoms with Gasteiger partial charge in [0.15, 0.2) is 0 Å². The summed E-state index contributed by atoms with van der Waals surface area (Å²) in [5, 5.41) is 3.82. The maximum Gasteiger partial charge on any atom is 0.244 e. The Morgan fingerprint density at radius 3 is 2.86 bits per heavy atom. The zero-order valence-electron chi connectivity index (χ0n) is 12.0. The Balaban J connectivity index is 2.07. The first-order chi connectivity index (χ1) is 10.0. The van der Waals surface area contributed by atoms with Crippen molar-refractivity contribution in [3.63, 3.8) is 0 Å². The molecule has 2 aromatic rings. The van der Waals surface area contributed by atoms with Gasteiger partial charge in [0.2, 0.25) is 21.7 Å². The fourth-order valence-corrected chi connectivity index (χ4v) is 3.15. The van der Waals surface area contributed by atoms with Crippen LogP contribution in [-0.4, -0.2) is 29.3 Å². The molecule has 1 atom stereocenters. The molecule has 0 saturated heterocycles. The van der Waals surface area contributed by atoms with E-state index in [4.69, 9.17) is 4.52 Å². The standard InChI is InChI=1S/C13H18N4O3S/c1-3-4-9-21(18,19)17-10(2)13-15-12(16-20-13)11-7-5-6-8-14-11/h5-8,10,17H,3-4,9H2,1-2H3. The van der Waals surface area contributed by atoms with E-state index < -0.39 is 16.1 Å². The second-order valence-electron chi connectivity index (χ2n) is 4.68. The maximum absolute atomic E-state index is 11.8. The zero-order valence-corrected chi connectivity index (χ0v) is 12.8. The van der Waals surface area contributed by atoms with Gasteiger partial charge in [-0.25, -0.2) is 13.1 Å². The second-order valence-corrected chi connectivity index (χ2v) is 6.56. The molecule has 0 aliphatic heterocycles. The van der Waals surface area contributed by atoms with Gasteiger partial charge in [-0.3, -0.25) is 4.98 Å². The lowest BCUT2D eigenvalue weighted by atomic mass is 10.3. The Labute approximate surface area is 123 Å². The Hall–Kier alpha value is -1.80. The van der Waals surface area contributed by atoms with Gasteiger partial charge in [-0.05, 0) is 25.5 Å². The second kappa shape index (κ2) is 6.77. The van der Waals surface area contributed by atoms with Crippen molar-refractivity contribution >= 4 is 10.0 Å². The van der Waals surface area contributed by atoms with E-state index in [2.05, 4.69) is 19.8 Å². The molecule has 1 N–H and O–H groups in total. The monoisotopic (exact) mass is 310 g/mol. The molecule has 0 amide bonds. The molecule has 0 aromatic carbocycles. The number of sulfonamides is 1. The Morgan fingerprint density at radius 2 is 2.19 bits per heavy atom. The van der Waals surface area contributed by atoms with Gasteiger partial charge in [0.1, 0.15) is 5.69 Å². The minimum atomic E-state index is -3.34. The molecule has 2 heterocycles. The minimum Gasteiger partial charge on any atom is -0.337 e. The van der Waals surface area contributed by atoms with E-state index in [0.717, 1.165) is 6.42 Å². The van der Waals surface area contributed by atoms with E-state index in [1.54, 1.807) is 25.3 Å². The normalized spacial score (nSPS) is 13.2. The third kappa shape index (κ3) is 4.33. The molecule has 2 rings (SSSR count). The zero-order chi connectivity index (χ0) is 15.3. The highest BCUT2D eigenvalue weighted by atomic mass is 32.2. The van der Waals surface area contributed by atoms with Crippen molar-refractivity contribution in [3.8, 4) is 11.5 Å². The van der Waals surface area contributed by atoms with Crippen molar-refractivity contribution in [2.75, 3.05) is 5.75 Å². The van der Waals surface area contributed by atoms with Gasteiger partial charge in [0.05, 0.1) is 11.8 Å². The smallest absolute Gasteiger partial charge is 0.244 e.